The molecule has 11 heteroatoms. The molecule has 3 rings (SSSR count). The van der Waals surface area contributed by atoms with E-state index in [0.29, 0.717) is 11.8 Å². The Kier molecular flexibility index (Phi) is 5.33. The van der Waals surface area contributed by atoms with Gasteiger partial charge in [-0.3, -0.25) is 25.0 Å². The van der Waals surface area contributed by atoms with Gasteiger partial charge in [0.25, 0.3) is 11.6 Å². The smallest absolute Gasteiger partial charge is 0.318 e. The molecule has 1 heterocycles. The first-order chi connectivity index (χ1) is 13.7. The molecule has 0 radical (unpaired) electrons. The Hall–Kier alpha value is -3.73. The number of nitrogens with zero attached hydrogens (tertiary/aromatic N) is 3. The van der Waals surface area contributed by atoms with E-state index in [-0.39, 0.29) is 15.6 Å². The molecule has 2 aromatic rings. The molecule has 1 saturated heterocycles. The Balaban J connectivity index is 1.99. The molecule has 1 amide bonds. The number of phenols is 1. The van der Waals surface area contributed by atoms with E-state index in [2.05, 4.69) is 10.3 Å². The number of non-ortho nitro benzene ring substituents is 1. The number of aromatic hydroxyl groups is 1. The maximum absolute atomic E-state index is 12.2. The van der Waals surface area contributed by atoms with Crippen molar-refractivity contribution in [2.45, 2.75) is 13.8 Å². The SMILES string of the molecule is Cc1ccc(N=C2NC(=O)/C(=C/c3cc([N+](=O)[O-])cc([N+](=O)[O-])c3O)S2)c(C)c1. The summed E-state index contributed by atoms with van der Waals surface area (Å²) >= 11 is 0.958. The summed E-state index contributed by atoms with van der Waals surface area (Å²) in [6, 6.07) is 7.25. The molecule has 0 bridgehead atoms. The van der Waals surface area contributed by atoms with Gasteiger partial charge >= 0.3 is 5.69 Å². The van der Waals surface area contributed by atoms with Crippen molar-refractivity contribution in [3.8, 4) is 5.75 Å². The van der Waals surface area contributed by atoms with Gasteiger partial charge in [0, 0.05) is 11.6 Å². The number of benzene rings is 2. The molecule has 29 heavy (non-hydrogen) atoms. The number of rotatable bonds is 4. The van der Waals surface area contributed by atoms with Crippen LogP contribution in [0.1, 0.15) is 16.7 Å². The first kappa shape index (κ1) is 20.0. The van der Waals surface area contributed by atoms with E-state index >= 15 is 0 Å². The normalized spacial score (nSPS) is 16.3. The fourth-order valence-corrected chi connectivity index (χ4v) is 3.47. The summed E-state index contributed by atoms with van der Waals surface area (Å²) in [6.07, 6.45) is 1.15. The van der Waals surface area contributed by atoms with Gasteiger partial charge in [-0.05, 0) is 43.3 Å². The number of aliphatic imine (C=N–C) groups is 1. The van der Waals surface area contributed by atoms with Gasteiger partial charge in [0.1, 0.15) is 0 Å². The third-order valence-electron chi connectivity index (χ3n) is 4.02. The number of amides is 1. The first-order valence-electron chi connectivity index (χ1n) is 8.18. The predicted molar refractivity (Wildman–Crippen MR) is 108 cm³/mol. The van der Waals surface area contributed by atoms with Crippen LogP contribution in [-0.4, -0.2) is 26.0 Å². The molecular weight excluding hydrogens is 400 g/mol. The summed E-state index contributed by atoms with van der Waals surface area (Å²) in [5.74, 6) is -1.30. The molecule has 1 fully saturated rings. The van der Waals surface area contributed by atoms with Crippen LogP contribution in [0.4, 0.5) is 17.1 Å². The Morgan fingerprint density at radius 3 is 2.48 bits per heavy atom. The second kappa shape index (κ2) is 7.72. The van der Waals surface area contributed by atoms with Crippen LogP contribution in [-0.2, 0) is 4.79 Å². The minimum Gasteiger partial charge on any atom is -0.502 e. The summed E-state index contributed by atoms with van der Waals surface area (Å²) < 4.78 is 0. The monoisotopic (exact) mass is 414 g/mol. The third kappa shape index (κ3) is 4.24. The van der Waals surface area contributed by atoms with E-state index in [1.165, 1.54) is 0 Å². The van der Waals surface area contributed by atoms with Gasteiger partial charge in [0.05, 0.1) is 26.5 Å². The van der Waals surface area contributed by atoms with E-state index in [9.17, 15) is 30.1 Å². The van der Waals surface area contributed by atoms with Gasteiger partial charge in [-0.1, -0.05) is 17.7 Å². The summed E-state index contributed by atoms with van der Waals surface area (Å²) in [6.45, 7) is 3.83. The number of aryl methyl sites for hydroxylation is 2. The third-order valence-corrected chi connectivity index (χ3v) is 4.93. The number of nitrogens with one attached hydrogen (secondary N) is 1. The minimum absolute atomic E-state index is 0.0820. The zero-order valence-corrected chi connectivity index (χ0v) is 16.0. The van der Waals surface area contributed by atoms with Crippen LogP contribution in [0.25, 0.3) is 6.08 Å². The van der Waals surface area contributed by atoms with Crippen LogP contribution < -0.4 is 5.32 Å². The number of nitro groups is 2. The Bertz CT molecular complexity index is 1130. The molecule has 0 atom stereocenters. The lowest BCUT2D eigenvalue weighted by Gasteiger charge is -2.02. The van der Waals surface area contributed by atoms with Crippen LogP contribution >= 0.6 is 11.8 Å². The van der Waals surface area contributed by atoms with Crippen LogP contribution in [0.2, 0.25) is 0 Å². The summed E-state index contributed by atoms with van der Waals surface area (Å²) in [5, 5.41) is 35.0. The highest BCUT2D eigenvalue weighted by Crippen LogP contribution is 2.37. The van der Waals surface area contributed by atoms with E-state index in [1.807, 2.05) is 32.0 Å². The minimum atomic E-state index is -0.931. The standard InChI is InChI=1S/C18H14N4O6S/c1-9-3-4-13(10(2)5-9)19-18-20-17(24)15(29-18)7-11-6-12(21(25)26)8-14(16(11)23)22(27)28/h3-8,23H,1-2H3,(H,19,20,24)/b15-7-. The number of nitro benzene ring substituents is 2. The van der Waals surface area contributed by atoms with Gasteiger partial charge in [0.2, 0.25) is 5.75 Å². The molecular formula is C18H14N4O6S. The van der Waals surface area contributed by atoms with Crippen molar-refractivity contribution >= 4 is 46.0 Å². The number of hydrogen-bond donors (Lipinski definition) is 2. The zero-order chi connectivity index (χ0) is 21.3. The Morgan fingerprint density at radius 2 is 1.86 bits per heavy atom. The fourth-order valence-electron chi connectivity index (χ4n) is 2.64. The molecule has 0 unspecified atom stereocenters. The van der Waals surface area contributed by atoms with Crippen molar-refractivity contribution in [2.75, 3.05) is 0 Å². The molecule has 0 aromatic heterocycles. The lowest BCUT2D eigenvalue weighted by atomic mass is 10.1. The lowest BCUT2D eigenvalue weighted by molar-refractivity contribution is -0.394. The zero-order valence-electron chi connectivity index (χ0n) is 15.2. The molecule has 148 valence electrons. The van der Waals surface area contributed by atoms with E-state index in [0.717, 1.165) is 35.0 Å². The van der Waals surface area contributed by atoms with Gasteiger partial charge in [0.15, 0.2) is 5.17 Å². The van der Waals surface area contributed by atoms with Crippen LogP contribution in [0.15, 0.2) is 40.2 Å². The highest BCUT2D eigenvalue weighted by Gasteiger charge is 2.27. The van der Waals surface area contributed by atoms with Crippen LogP contribution in [0.5, 0.6) is 5.75 Å². The van der Waals surface area contributed by atoms with E-state index < -0.39 is 32.9 Å². The number of hydrogen-bond acceptors (Lipinski definition) is 8. The van der Waals surface area contributed by atoms with Gasteiger partial charge in [-0.25, -0.2) is 4.99 Å². The summed E-state index contributed by atoms with van der Waals surface area (Å²) in [7, 11) is 0. The Morgan fingerprint density at radius 1 is 1.14 bits per heavy atom. The molecule has 0 spiro atoms. The maximum atomic E-state index is 12.2. The second-order valence-corrected chi connectivity index (χ2v) is 7.22. The summed E-state index contributed by atoms with van der Waals surface area (Å²) in [4.78, 5) is 37.0. The highest BCUT2D eigenvalue weighted by atomic mass is 32.2. The number of phenolic OH excluding ortho intramolecular Hbond substituents is 1. The van der Waals surface area contributed by atoms with Crippen molar-refractivity contribution in [1.29, 1.82) is 0 Å². The van der Waals surface area contributed by atoms with E-state index in [1.54, 1.807) is 0 Å². The molecule has 0 aliphatic carbocycles. The van der Waals surface area contributed by atoms with Crippen molar-refractivity contribution in [3.05, 3.63) is 72.2 Å². The Labute approximate surface area is 168 Å². The van der Waals surface area contributed by atoms with Crippen molar-refractivity contribution in [1.82, 2.24) is 5.32 Å². The fraction of sp³-hybridized carbons (Fsp3) is 0.111. The van der Waals surface area contributed by atoms with Crippen molar-refractivity contribution in [2.24, 2.45) is 4.99 Å². The number of carbonyl (C=O) groups is 1. The highest BCUT2D eigenvalue weighted by molar-refractivity contribution is 8.18. The number of carbonyl (C=O) groups excluding carboxylic acids is 1. The van der Waals surface area contributed by atoms with E-state index in [4.69, 9.17) is 0 Å². The number of thioether (sulfide) groups is 1. The molecule has 2 aromatic carbocycles. The van der Waals surface area contributed by atoms with Crippen LogP contribution in [0.3, 0.4) is 0 Å². The first-order valence-corrected chi connectivity index (χ1v) is 9.00. The maximum Gasteiger partial charge on any atom is 0.318 e. The average Bonchev–Trinajstić information content (AvgIpc) is 2.98. The molecule has 10 nitrogen and oxygen atoms in total. The largest absolute Gasteiger partial charge is 0.502 e. The molecule has 1 aliphatic rings. The number of amidine groups is 1. The lowest BCUT2D eigenvalue weighted by Crippen LogP contribution is -2.19. The molecule has 0 saturated carbocycles. The van der Waals surface area contributed by atoms with Crippen molar-refractivity contribution in [3.63, 3.8) is 0 Å². The van der Waals surface area contributed by atoms with Gasteiger partial charge < -0.3 is 10.4 Å². The quantitative estimate of drug-likeness (QED) is 0.440. The van der Waals surface area contributed by atoms with Gasteiger partial charge in [-0.2, -0.15) is 0 Å². The molecule has 1 aliphatic heterocycles. The second-order valence-electron chi connectivity index (χ2n) is 6.19. The summed E-state index contributed by atoms with van der Waals surface area (Å²) in [5.41, 5.74) is 1.03. The average molecular weight is 414 g/mol. The van der Waals surface area contributed by atoms with Crippen molar-refractivity contribution < 1.29 is 19.7 Å². The predicted octanol–water partition coefficient (Wildman–Crippen LogP) is 3.72. The van der Waals surface area contributed by atoms with Crippen LogP contribution in [0, 0.1) is 34.1 Å². The van der Waals surface area contributed by atoms with Gasteiger partial charge in [-0.15, -0.1) is 0 Å². The molecule has 2 N–H and O–H groups in total. The topological polar surface area (TPSA) is 148 Å².